The molecule has 0 radical (unpaired) electrons. The molecule has 0 aliphatic carbocycles. The van der Waals surface area contributed by atoms with Crippen molar-refractivity contribution in [2.24, 2.45) is 0 Å². The van der Waals surface area contributed by atoms with Crippen molar-refractivity contribution in [1.29, 1.82) is 0 Å². The molecule has 0 aliphatic rings. The van der Waals surface area contributed by atoms with Crippen molar-refractivity contribution in [1.82, 2.24) is 4.98 Å². The number of fused-ring (bicyclic) bond motifs is 1. The van der Waals surface area contributed by atoms with E-state index in [1.54, 1.807) is 6.20 Å². The Morgan fingerprint density at radius 1 is 1.14 bits per heavy atom. The molecule has 3 nitrogen and oxygen atoms in total. The Hall–Kier alpha value is -2.26. The van der Waals surface area contributed by atoms with E-state index in [0.717, 1.165) is 27.0 Å². The smallest absolute Gasteiger partial charge is 0.218 e. The molecule has 0 saturated heterocycles. The molecule has 0 amide bonds. The number of rotatable bonds is 3. The summed E-state index contributed by atoms with van der Waals surface area (Å²) in [6.07, 6.45) is 1.60. The normalized spacial score (nSPS) is 12.3. The Bertz CT molecular complexity index is 789. The highest BCUT2D eigenvalue weighted by Crippen LogP contribution is 2.27. The fourth-order valence-electron chi connectivity index (χ4n) is 2.35. The number of hydrogen-bond acceptors (Lipinski definition) is 3. The molecule has 106 valence electrons. The lowest BCUT2D eigenvalue weighted by Crippen LogP contribution is -2.06. The molecule has 0 aliphatic heterocycles. The minimum absolute atomic E-state index is 0.0477. The van der Waals surface area contributed by atoms with Gasteiger partial charge in [-0.05, 0) is 48.2 Å². The van der Waals surface area contributed by atoms with Crippen molar-refractivity contribution >= 4 is 28.1 Å². The molecule has 4 heteroatoms. The van der Waals surface area contributed by atoms with Crippen molar-refractivity contribution in [3.8, 4) is 5.88 Å². The number of hydrogen-bond donors (Lipinski definition) is 2. The Labute approximate surface area is 128 Å². The first kappa shape index (κ1) is 13.7. The number of nitrogens with one attached hydrogen (secondary N) is 1. The number of aromatic hydroxyl groups is 1. The first-order chi connectivity index (χ1) is 10.1. The van der Waals surface area contributed by atoms with E-state index in [2.05, 4.69) is 17.2 Å². The molecular weight excluding hydrogens is 284 g/mol. The summed E-state index contributed by atoms with van der Waals surface area (Å²) in [5, 5.41) is 15.7. The minimum atomic E-state index is 0.0477. The van der Waals surface area contributed by atoms with Crippen LogP contribution in [0.5, 0.6) is 5.88 Å². The van der Waals surface area contributed by atoms with E-state index < -0.39 is 0 Å². The summed E-state index contributed by atoms with van der Waals surface area (Å²) in [5.74, 6) is 0.0477. The fourth-order valence-corrected chi connectivity index (χ4v) is 2.55. The van der Waals surface area contributed by atoms with Gasteiger partial charge in [0.15, 0.2) is 0 Å². The van der Waals surface area contributed by atoms with E-state index in [1.165, 1.54) is 0 Å². The van der Waals surface area contributed by atoms with E-state index in [9.17, 15) is 5.11 Å². The predicted octanol–water partition coefficient (Wildman–Crippen LogP) is 4.77. The number of halogens is 1. The standard InChI is InChI=1S/C17H15ClN2O/c1-11(13-3-2-4-14(18)9-13)20-15-6-5-12-7-8-19-17(21)16(12)10-15/h2-11,20H,1H3,(H,19,21)/t11-/m0/s1. The highest BCUT2D eigenvalue weighted by Gasteiger charge is 2.07. The number of nitrogens with zero attached hydrogens (tertiary/aromatic N) is 1. The third kappa shape index (κ3) is 2.93. The summed E-state index contributed by atoms with van der Waals surface area (Å²) in [7, 11) is 0. The average Bonchev–Trinajstić information content (AvgIpc) is 2.48. The van der Waals surface area contributed by atoms with Crippen LogP contribution >= 0.6 is 11.6 Å². The average molecular weight is 299 g/mol. The van der Waals surface area contributed by atoms with Gasteiger partial charge in [0.05, 0.1) is 0 Å². The Balaban J connectivity index is 1.89. The van der Waals surface area contributed by atoms with Crippen LogP contribution in [0.2, 0.25) is 5.02 Å². The maximum absolute atomic E-state index is 9.83. The van der Waals surface area contributed by atoms with Crippen LogP contribution in [0.3, 0.4) is 0 Å². The molecule has 3 rings (SSSR count). The predicted molar refractivity (Wildman–Crippen MR) is 86.9 cm³/mol. The van der Waals surface area contributed by atoms with Gasteiger partial charge in [-0.1, -0.05) is 29.8 Å². The summed E-state index contributed by atoms with van der Waals surface area (Å²) in [5.41, 5.74) is 2.04. The molecule has 0 bridgehead atoms. The summed E-state index contributed by atoms with van der Waals surface area (Å²) >= 11 is 6.02. The first-order valence-electron chi connectivity index (χ1n) is 6.73. The molecule has 21 heavy (non-hydrogen) atoms. The zero-order valence-electron chi connectivity index (χ0n) is 11.5. The molecule has 1 heterocycles. The van der Waals surface area contributed by atoms with Crippen LogP contribution in [0.1, 0.15) is 18.5 Å². The maximum Gasteiger partial charge on any atom is 0.218 e. The van der Waals surface area contributed by atoms with Gasteiger partial charge in [-0.15, -0.1) is 0 Å². The number of aromatic nitrogens is 1. The largest absolute Gasteiger partial charge is 0.493 e. The topological polar surface area (TPSA) is 45.2 Å². The zero-order valence-corrected chi connectivity index (χ0v) is 12.3. The van der Waals surface area contributed by atoms with Crippen LogP contribution in [0.4, 0.5) is 5.69 Å². The Morgan fingerprint density at radius 2 is 2.00 bits per heavy atom. The van der Waals surface area contributed by atoms with Gasteiger partial charge in [0.1, 0.15) is 0 Å². The molecular formula is C17H15ClN2O. The van der Waals surface area contributed by atoms with E-state index in [1.807, 2.05) is 48.5 Å². The van der Waals surface area contributed by atoms with Gasteiger partial charge >= 0.3 is 0 Å². The van der Waals surface area contributed by atoms with Gasteiger partial charge < -0.3 is 10.4 Å². The van der Waals surface area contributed by atoms with Crippen LogP contribution in [-0.4, -0.2) is 10.1 Å². The Morgan fingerprint density at radius 3 is 2.81 bits per heavy atom. The monoisotopic (exact) mass is 298 g/mol. The van der Waals surface area contributed by atoms with Crippen LogP contribution in [0.15, 0.2) is 54.7 Å². The highest BCUT2D eigenvalue weighted by atomic mass is 35.5. The van der Waals surface area contributed by atoms with E-state index >= 15 is 0 Å². The second-order valence-corrected chi connectivity index (χ2v) is 5.43. The third-order valence-corrected chi connectivity index (χ3v) is 3.71. The van der Waals surface area contributed by atoms with Crippen molar-refractivity contribution in [2.75, 3.05) is 5.32 Å². The van der Waals surface area contributed by atoms with Crippen molar-refractivity contribution in [3.63, 3.8) is 0 Å². The van der Waals surface area contributed by atoms with Crippen molar-refractivity contribution < 1.29 is 5.11 Å². The zero-order chi connectivity index (χ0) is 14.8. The third-order valence-electron chi connectivity index (χ3n) is 3.48. The molecule has 2 aromatic carbocycles. The van der Waals surface area contributed by atoms with Crippen LogP contribution in [0.25, 0.3) is 10.8 Å². The molecule has 3 aromatic rings. The molecule has 0 spiro atoms. The highest BCUT2D eigenvalue weighted by molar-refractivity contribution is 6.30. The fraction of sp³-hybridized carbons (Fsp3) is 0.118. The summed E-state index contributed by atoms with van der Waals surface area (Å²) in [6, 6.07) is 15.6. The summed E-state index contributed by atoms with van der Waals surface area (Å²) in [6.45, 7) is 2.07. The van der Waals surface area contributed by atoms with Crippen molar-refractivity contribution in [2.45, 2.75) is 13.0 Å². The molecule has 0 unspecified atom stereocenters. The van der Waals surface area contributed by atoms with Gasteiger partial charge in [0.2, 0.25) is 5.88 Å². The van der Waals surface area contributed by atoms with E-state index in [-0.39, 0.29) is 11.9 Å². The van der Waals surface area contributed by atoms with Crippen LogP contribution in [0, 0.1) is 0 Å². The maximum atomic E-state index is 9.83. The molecule has 0 fully saturated rings. The lowest BCUT2D eigenvalue weighted by molar-refractivity contribution is 0.460. The van der Waals surface area contributed by atoms with Gasteiger partial charge in [0.25, 0.3) is 0 Å². The molecule has 1 aromatic heterocycles. The number of anilines is 1. The molecule has 1 atom stereocenters. The first-order valence-corrected chi connectivity index (χ1v) is 7.11. The Kier molecular flexibility index (Phi) is 3.67. The lowest BCUT2D eigenvalue weighted by Gasteiger charge is -2.16. The van der Waals surface area contributed by atoms with Crippen LogP contribution in [-0.2, 0) is 0 Å². The lowest BCUT2D eigenvalue weighted by atomic mass is 10.1. The van der Waals surface area contributed by atoms with Gasteiger partial charge in [0, 0.05) is 28.3 Å². The number of benzene rings is 2. The van der Waals surface area contributed by atoms with Gasteiger partial charge in [-0.3, -0.25) is 0 Å². The quantitative estimate of drug-likeness (QED) is 0.732. The molecule has 0 saturated carbocycles. The summed E-state index contributed by atoms with van der Waals surface area (Å²) in [4.78, 5) is 3.91. The second kappa shape index (κ2) is 5.62. The number of pyridine rings is 1. The second-order valence-electron chi connectivity index (χ2n) is 4.99. The minimum Gasteiger partial charge on any atom is -0.493 e. The summed E-state index contributed by atoms with van der Waals surface area (Å²) < 4.78 is 0. The van der Waals surface area contributed by atoms with Gasteiger partial charge in [-0.2, -0.15) is 0 Å². The SMILES string of the molecule is C[C@H](Nc1ccc2ccnc(O)c2c1)c1cccc(Cl)c1. The van der Waals surface area contributed by atoms with E-state index in [4.69, 9.17) is 11.6 Å². The van der Waals surface area contributed by atoms with Gasteiger partial charge in [-0.25, -0.2) is 4.98 Å². The molecule has 2 N–H and O–H groups in total. The van der Waals surface area contributed by atoms with E-state index in [0.29, 0.717) is 0 Å². The van der Waals surface area contributed by atoms with Crippen molar-refractivity contribution in [3.05, 3.63) is 65.3 Å². The van der Waals surface area contributed by atoms with Crippen LogP contribution < -0.4 is 5.32 Å².